The third-order valence-corrected chi connectivity index (χ3v) is 5.33. The molecule has 2 aromatic heterocycles. The molecule has 0 atom stereocenters. The summed E-state index contributed by atoms with van der Waals surface area (Å²) in [6.07, 6.45) is 0. The summed E-state index contributed by atoms with van der Waals surface area (Å²) in [6.45, 7) is 1.69. The van der Waals surface area contributed by atoms with E-state index >= 15 is 0 Å². The Bertz CT molecular complexity index is 1290. The van der Waals surface area contributed by atoms with Crippen LogP contribution in [-0.4, -0.2) is 25.4 Å². The molecule has 0 spiro atoms. The van der Waals surface area contributed by atoms with Crippen molar-refractivity contribution in [2.45, 2.75) is 24.4 Å². The first-order valence-corrected chi connectivity index (χ1v) is 10.3. The first-order valence-electron chi connectivity index (χ1n) is 9.32. The number of primary amides is 1. The molecule has 0 aliphatic heterocycles. The number of hydrogen-bond donors (Lipinski definition) is 1. The van der Waals surface area contributed by atoms with Crippen molar-refractivity contribution in [2.24, 2.45) is 5.73 Å². The first kappa shape index (κ1) is 19.8. The standard InChI is InChI=1S/C22H19N5O2S/c1-14-11-18(15-7-3-2-4-8-15)26-22(24-14)30-13-20-25-17-10-6-5-9-16(17)21(29)27(20)12-19(23)28/h2-11H,12-13H2,1H3,(H2,23,28). The molecule has 1 amide bonds. The van der Waals surface area contributed by atoms with Gasteiger partial charge in [0.1, 0.15) is 12.4 Å². The Labute approximate surface area is 177 Å². The van der Waals surface area contributed by atoms with Crippen molar-refractivity contribution in [3.8, 4) is 11.3 Å². The summed E-state index contributed by atoms with van der Waals surface area (Å²) in [7, 11) is 0. The van der Waals surface area contributed by atoms with Crippen LogP contribution in [0.5, 0.6) is 0 Å². The largest absolute Gasteiger partial charge is 0.368 e. The van der Waals surface area contributed by atoms with Crippen LogP contribution in [0.3, 0.4) is 0 Å². The number of nitrogens with two attached hydrogens (primary N) is 1. The van der Waals surface area contributed by atoms with Crippen molar-refractivity contribution < 1.29 is 4.79 Å². The first-order chi connectivity index (χ1) is 14.5. The molecule has 150 valence electrons. The maximum absolute atomic E-state index is 12.9. The van der Waals surface area contributed by atoms with E-state index in [9.17, 15) is 9.59 Å². The number of aromatic nitrogens is 4. The molecule has 2 aromatic carbocycles. The molecule has 0 aliphatic rings. The van der Waals surface area contributed by atoms with E-state index in [0.717, 1.165) is 17.0 Å². The van der Waals surface area contributed by atoms with Crippen LogP contribution in [0.25, 0.3) is 22.2 Å². The number of benzene rings is 2. The van der Waals surface area contributed by atoms with Crippen LogP contribution in [0.2, 0.25) is 0 Å². The summed E-state index contributed by atoms with van der Waals surface area (Å²) in [6, 6.07) is 18.8. The Hall–Kier alpha value is -3.52. The highest BCUT2D eigenvalue weighted by Crippen LogP contribution is 2.24. The maximum Gasteiger partial charge on any atom is 0.261 e. The van der Waals surface area contributed by atoms with Gasteiger partial charge in [0, 0.05) is 11.3 Å². The van der Waals surface area contributed by atoms with E-state index in [-0.39, 0.29) is 12.1 Å². The fourth-order valence-electron chi connectivity index (χ4n) is 3.13. The van der Waals surface area contributed by atoms with Gasteiger partial charge in [-0.05, 0) is 25.1 Å². The van der Waals surface area contributed by atoms with E-state index < -0.39 is 5.91 Å². The Morgan fingerprint density at radius 1 is 1.03 bits per heavy atom. The Morgan fingerprint density at radius 3 is 2.53 bits per heavy atom. The van der Waals surface area contributed by atoms with Crippen LogP contribution in [0.15, 0.2) is 70.6 Å². The lowest BCUT2D eigenvalue weighted by Crippen LogP contribution is -2.31. The molecule has 8 heteroatoms. The summed E-state index contributed by atoms with van der Waals surface area (Å²) in [4.78, 5) is 38.1. The predicted octanol–water partition coefficient (Wildman–Crippen LogP) is 2.94. The third kappa shape index (κ3) is 4.23. The minimum absolute atomic E-state index is 0.226. The fourth-order valence-corrected chi connectivity index (χ4v) is 3.98. The van der Waals surface area contributed by atoms with Crippen LogP contribution in [0, 0.1) is 6.92 Å². The van der Waals surface area contributed by atoms with Gasteiger partial charge in [-0.15, -0.1) is 0 Å². The molecule has 0 unspecified atom stereocenters. The van der Waals surface area contributed by atoms with Gasteiger partial charge < -0.3 is 5.73 Å². The van der Waals surface area contributed by atoms with Crippen molar-refractivity contribution in [1.29, 1.82) is 0 Å². The van der Waals surface area contributed by atoms with E-state index in [0.29, 0.717) is 27.6 Å². The molecule has 0 aliphatic carbocycles. The molecule has 2 N–H and O–H groups in total. The molecule has 0 saturated carbocycles. The number of fused-ring (bicyclic) bond motifs is 1. The van der Waals surface area contributed by atoms with Crippen molar-refractivity contribution in [3.05, 3.63) is 82.5 Å². The van der Waals surface area contributed by atoms with E-state index in [1.165, 1.54) is 16.3 Å². The molecular formula is C22H19N5O2S. The highest BCUT2D eigenvalue weighted by molar-refractivity contribution is 7.98. The van der Waals surface area contributed by atoms with Gasteiger partial charge in [-0.1, -0.05) is 54.2 Å². The quantitative estimate of drug-likeness (QED) is 0.382. The second-order valence-electron chi connectivity index (χ2n) is 6.73. The van der Waals surface area contributed by atoms with Crippen LogP contribution < -0.4 is 11.3 Å². The molecular weight excluding hydrogens is 398 g/mol. The number of carbonyl (C=O) groups is 1. The smallest absolute Gasteiger partial charge is 0.261 e. The lowest BCUT2D eigenvalue weighted by molar-refractivity contribution is -0.118. The summed E-state index contributed by atoms with van der Waals surface area (Å²) in [5.74, 6) is 0.179. The number of carbonyl (C=O) groups excluding carboxylic acids is 1. The lowest BCUT2D eigenvalue weighted by Gasteiger charge is -2.12. The monoisotopic (exact) mass is 417 g/mol. The second kappa shape index (κ2) is 8.46. The van der Waals surface area contributed by atoms with E-state index in [4.69, 9.17) is 5.73 Å². The van der Waals surface area contributed by atoms with Crippen LogP contribution >= 0.6 is 11.8 Å². The molecule has 7 nitrogen and oxygen atoms in total. The third-order valence-electron chi connectivity index (χ3n) is 4.49. The molecule has 2 heterocycles. The topological polar surface area (TPSA) is 104 Å². The van der Waals surface area contributed by atoms with Crippen molar-refractivity contribution >= 4 is 28.6 Å². The lowest BCUT2D eigenvalue weighted by atomic mass is 10.1. The maximum atomic E-state index is 12.9. The Kier molecular flexibility index (Phi) is 5.58. The zero-order valence-electron chi connectivity index (χ0n) is 16.3. The number of nitrogens with zero attached hydrogens (tertiary/aromatic N) is 4. The predicted molar refractivity (Wildman–Crippen MR) is 117 cm³/mol. The minimum atomic E-state index is -0.599. The average Bonchev–Trinajstić information content (AvgIpc) is 2.74. The molecule has 4 aromatic rings. The van der Waals surface area contributed by atoms with Gasteiger partial charge in [0.05, 0.1) is 22.3 Å². The van der Waals surface area contributed by atoms with Crippen LogP contribution in [-0.2, 0) is 17.1 Å². The number of hydrogen-bond acceptors (Lipinski definition) is 6. The number of aryl methyl sites for hydroxylation is 1. The van der Waals surface area contributed by atoms with Gasteiger partial charge in [-0.2, -0.15) is 0 Å². The second-order valence-corrected chi connectivity index (χ2v) is 7.68. The minimum Gasteiger partial charge on any atom is -0.368 e. The van der Waals surface area contributed by atoms with Crippen molar-refractivity contribution in [3.63, 3.8) is 0 Å². The molecule has 0 saturated heterocycles. The van der Waals surface area contributed by atoms with Gasteiger partial charge >= 0.3 is 0 Å². The summed E-state index contributed by atoms with van der Waals surface area (Å²) < 4.78 is 1.32. The Balaban J connectivity index is 1.69. The number of rotatable bonds is 6. The van der Waals surface area contributed by atoms with Gasteiger partial charge in [-0.3, -0.25) is 14.2 Å². The number of thioether (sulfide) groups is 1. The molecule has 30 heavy (non-hydrogen) atoms. The van der Waals surface area contributed by atoms with Gasteiger partial charge in [0.25, 0.3) is 5.56 Å². The highest BCUT2D eigenvalue weighted by Gasteiger charge is 2.14. The molecule has 0 radical (unpaired) electrons. The van der Waals surface area contributed by atoms with Crippen LogP contribution in [0.1, 0.15) is 11.5 Å². The number of para-hydroxylation sites is 1. The van der Waals surface area contributed by atoms with Crippen LogP contribution in [0.4, 0.5) is 0 Å². The highest BCUT2D eigenvalue weighted by atomic mass is 32.2. The molecule has 4 rings (SSSR count). The summed E-state index contributed by atoms with van der Waals surface area (Å²) in [5.41, 5.74) is 8.32. The van der Waals surface area contributed by atoms with Gasteiger partial charge in [-0.25, -0.2) is 15.0 Å². The average molecular weight is 417 g/mol. The van der Waals surface area contributed by atoms with Crippen molar-refractivity contribution in [2.75, 3.05) is 0 Å². The fraction of sp³-hybridized carbons (Fsp3) is 0.136. The van der Waals surface area contributed by atoms with E-state index in [1.807, 2.05) is 49.4 Å². The van der Waals surface area contributed by atoms with E-state index in [2.05, 4.69) is 15.0 Å². The summed E-state index contributed by atoms with van der Waals surface area (Å²) >= 11 is 1.36. The summed E-state index contributed by atoms with van der Waals surface area (Å²) in [5, 5.41) is 1.02. The van der Waals surface area contributed by atoms with Gasteiger partial charge in [0.2, 0.25) is 5.91 Å². The van der Waals surface area contributed by atoms with E-state index in [1.54, 1.807) is 18.2 Å². The normalized spacial score (nSPS) is 11.0. The zero-order chi connectivity index (χ0) is 21.1. The molecule has 0 bridgehead atoms. The number of amides is 1. The SMILES string of the molecule is Cc1cc(-c2ccccc2)nc(SCc2nc3ccccc3c(=O)n2CC(N)=O)n1. The van der Waals surface area contributed by atoms with Crippen molar-refractivity contribution in [1.82, 2.24) is 19.5 Å². The van der Waals surface area contributed by atoms with Gasteiger partial charge in [0.15, 0.2) is 5.16 Å². The molecule has 0 fully saturated rings. The zero-order valence-corrected chi connectivity index (χ0v) is 17.1. The Morgan fingerprint density at radius 2 is 1.77 bits per heavy atom.